The van der Waals surface area contributed by atoms with Gasteiger partial charge in [-0.05, 0) is 18.9 Å². The van der Waals surface area contributed by atoms with Crippen LogP contribution in [-0.2, 0) is 10.4 Å². The van der Waals surface area contributed by atoms with E-state index >= 15 is 0 Å². The van der Waals surface area contributed by atoms with E-state index in [1.165, 1.54) is 0 Å². The molecule has 2 aromatic rings. The van der Waals surface area contributed by atoms with Crippen molar-refractivity contribution >= 4 is 16.6 Å². The monoisotopic (exact) mass is 300 g/mol. The lowest BCUT2D eigenvalue weighted by molar-refractivity contribution is -0.125. The van der Waals surface area contributed by atoms with E-state index in [4.69, 9.17) is 9.47 Å². The second kappa shape index (κ2) is 5.61. The van der Waals surface area contributed by atoms with E-state index in [9.17, 15) is 9.90 Å². The molecule has 1 aliphatic rings. The van der Waals surface area contributed by atoms with Crippen molar-refractivity contribution in [2.24, 2.45) is 0 Å². The number of ketones is 1. The van der Waals surface area contributed by atoms with E-state index in [1.54, 1.807) is 14.2 Å². The summed E-state index contributed by atoms with van der Waals surface area (Å²) in [4.78, 5) is 11.5. The topological polar surface area (TPSA) is 55.8 Å². The zero-order valence-electron chi connectivity index (χ0n) is 12.9. The number of hydrogen-bond acceptors (Lipinski definition) is 4. The van der Waals surface area contributed by atoms with Gasteiger partial charge in [0.2, 0.25) is 0 Å². The number of carbonyl (C=O) groups is 1. The van der Waals surface area contributed by atoms with Crippen LogP contribution >= 0.6 is 0 Å². The molecule has 1 aliphatic carbocycles. The number of rotatable bonds is 3. The average molecular weight is 300 g/mol. The highest BCUT2D eigenvalue weighted by Gasteiger charge is 2.37. The lowest BCUT2D eigenvalue weighted by atomic mass is 9.78. The normalized spacial score (nSPS) is 17.5. The first-order valence-corrected chi connectivity index (χ1v) is 7.47. The molecule has 3 rings (SSSR count). The number of hydrogen-bond donors (Lipinski definition) is 1. The number of aliphatic hydroxyl groups is 1. The summed E-state index contributed by atoms with van der Waals surface area (Å²) in [6.45, 7) is 0. The largest absolute Gasteiger partial charge is 0.496 e. The molecule has 0 bridgehead atoms. The van der Waals surface area contributed by atoms with Gasteiger partial charge in [0.1, 0.15) is 17.3 Å². The van der Waals surface area contributed by atoms with Crippen molar-refractivity contribution in [3.8, 4) is 11.5 Å². The first-order valence-electron chi connectivity index (χ1n) is 7.47. The third-order valence-electron chi connectivity index (χ3n) is 4.52. The highest BCUT2D eigenvalue weighted by Crippen LogP contribution is 2.46. The van der Waals surface area contributed by atoms with Gasteiger partial charge in [0.25, 0.3) is 0 Å². The van der Waals surface area contributed by atoms with Crippen molar-refractivity contribution in [3.63, 3.8) is 0 Å². The lowest BCUT2D eigenvalue weighted by Crippen LogP contribution is -2.32. The van der Waals surface area contributed by atoms with Crippen LogP contribution < -0.4 is 9.47 Å². The second-order valence-corrected chi connectivity index (χ2v) is 5.78. The third-order valence-corrected chi connectivity index (χ3v) is 4.52. The number of ether oxygens (including phenoxy) is 2. The number of methoxy groups -OCH3 is 2. The summed E-state index contributed by atoms with van der Waals surface area (Å²) in [5, 5.41) is 12.9. The van der Waals surface area contributed by atoms with Crippen LogP contribution in [0.25, 0.3) is 10.8 Å². The molecule has 0 heterocycles. The SMILES string of the molecule is COc1cc(C2(O)CCC(=O)CC2)c(OC)c2ccccc12. The van der Waals surface area contributed by atoms with Crippen LogP contribution in [0.1, 0.15) is 31.2 Å². The van der Waals surface area contributed by atoms with E-state index in [0.717, 1.165) is 10.8 Å². The molecule has 0 saturated heterocycles. The summed E-state index contributed by atoms with van der Waals surface area (Å²) in [5.41, 5.74) is -0.339. The Kier molecular flexibility index (Phi) is 3.79. The van der Waals surface area contributed by atoms with Gasteiger partial charge in [0, 0.05) is 29.2 Å². The molecule has 0 aromatic heterocycles. The Bertz CT molecular complexity index is 710. The van der Waals surface area contributed by atoms with Crippen LogP contribution in [0.3, 0.4) is 0 Å². The van der Waals surface area contributed by atoms with Crippen LogP contribution in [-0.4, -0.2) is 25.1 Å². The van der Waals surface area contributed by atoms with Crippen molar-refractivity contribution in [2.75, 3.05) is 14.2 Å². The van der Waals surface area contributed by atoms with Crippen molar-refractivity contribution in [1.82, 2.24) is 0 Å². The Balaban J connectivity index is 2.22. The number of benzene rings is 2. The first-order chi connectivity index (χ1) is 10.6. The van der Waals surface area contributed by atoms with Crippen molar-refractivity contribution in [1.29, 1.82) is 0 Å². The molecule has 0 aliphatic heterocycles. The summed E-state index contributed by atoms with van der Waals surface area (Å²) >= 11 is 0. The van der Waals surface area contributed by atoms with Crippen molar-refractivity contribution < 1.29 is 19.4 Å². The number of fused-ring (bicyclic) bond motifs is 1. The highest BCUT2D eigenvalue weighted by molar-refractivity contribution is 5.95. The maximum absolute atomic E-state index is 11.5. The Hall–Kier alpha value is -2.07. The molecular weight excluding hydrogens is 280 g/mol. The minimum atomic E-state index is -1.05. The molecule has 4 heteroatoms. The van der Waals surface area contributed by atoms with Gasteiger partial charge in [-0.15, -0.1) is 0 Å². The van der Waals surface area contributed by atoms with Gasteiger partial charge in [0.05, 0.1) is 19.8 Å². The van der Waals surface area contributed by atoms with Crippen LogP contribution in [0, 0.1) is 0 Å². The fourth-order valence-corrected chi connectivity index (χ4v) is 3.26. The molecule has 0 amide bonds. The van der Waals surface area contributed by atoms with Gasteiger partial charge in [0.15, 0.2) is 0 Å². The Morgan fingerprint density at radius 1 is 1.05 bits per heavy atom. The second-order valence-electron chi connectivity index (χ2n) is 5.78. The minimum Gasteiger partial charge on any atom is -0.496 e. The van der Waals surface area contributed by atoms with Gasteiger partial charge in [-0.1, -0.05) is 24.3 Å². The van der Waals surface area contributed by atoms with Crippen LogP contribution in [0.4, 0.5) is 0 Å². The molecule has 0 atom stereocenters. The molecule has 116 valence electrons. The van der Waals surface area contributed by atoms with E-state index in [1.807, 2.05) is 30.3 Å². The molecule has 4 nitrogen and oxygen atoms in total. The van der Waals surface area contributed by atoms with Gasteiger partial charge in [-0.25, -0.2) is 0 Å². The molecule has 0 spiro atoms. The maximum Gasteiger partial charge on any atom is 0.133 e. The van der Waals surface area contributed by atoms with E-state index in [0.29, 0.717) is 42.7 Å². The van der Waals surface area contributed by atoms with Gasteiger partial charge < -0.3 is 14.6 Å². The van der Waals surface area contributed by atoms with Crippen LogP contribution in [0.2, 0.25) is 0 Å². The molecule has 0 radical (unpaired) electrons. The Labute approximate surface area is 129 Å². The van der Waals surface area contributed by atoms with E-state index in [2.05, 4.69) is 0 Å². The maximum atomic E-state index is 11.5. The van der Waals surface area contributed by atoms with Gasteiger partial charge in [-0.3, -0.25) is 4.79 Å². The van der Waals surface area contributed by atoms with Gasteiger partial charge in [-0.2, -0.15) is 0 Å². The first kappa shape index (κ1) is 14.9. The number of Topliss-reactive ketones (excluding diaryl/α,β-unsaturated/α-hetero) is 1. The minimum absolute atomic E-state index is 0.205. The fourth-order valence-electron chi connectivity index (χ4n) is 3.26. The fraction of sp³-hybridized carbons (Fsp3) is 0.389. The van der Waals surface area contributed by atoms with E-state index in [-0.39, 0.29) is 5.78 Å². The molecule has 1 fully saturated rings. The Morgan fingerprint density at radius 2 is 1.68 bits per heavy atom. The zero-order valence-corrected chi connectivity index (χ0v) is 12.9. The summed E-state index contributed by atoms with van der Waals surface area (Å²) in [6, 6.07) is 9.64. The van der Waals surface area contributed by atoms with Crippen LogP contribution in [0.15, 0.2) is 30.3 Å². The average Bonchev–Trinajstić information content (AvgIpc) is 2.56. The molecule has 2 aromatic carbocycles. The van der Waals surface area contributed by atoms with Gasteiger partial charge >= 0.3 is 0 Å². The molecular formula is C18H20O4. The van der Waals surface area contributed by atoms with E-state index < -0.39 is 5.60 Å². The molecule has 0 unspecified atom stereocenters. The van der Waals surface area contributed by atoms with Crippen LogP contribution in [0.5, 0.6) is 11.5 Å². The standard InChI is InChI=1S/C18H20O4/c1-21-16-11-15(18(20)9-7-12(19)8-10-18)17(22-2)14-6-4-3-5-13(14)16/h3-6,11,20H,7-10H2,1-2H3. The quantitative estimate of drug-likeness (QED) is 0.946. The van der Waals surface area contributed by atoms with Crippen molar-refractivity contribution in [2.45, 2.75) is 31.3 Å². The predicted molar refractivity (Wildman–Crippen MR) is 84.4 cm³/mol. The smallest absolute Gasteiger partial charge is 0.133 e. The predicted octanol–water partition coefficient (Wildman–Crippen LogP) is 3.19. The summed E-state index contributed by atoms with van der Waals surface area (Å²) < 4.78 is 11.1. The zero-order chi connectivity index (χ0) is 15.7. The highest BCUT2D eigenvalue weighted by atomic mass is 16.5. The summed E-state index contributed by atoms with van der Waals surface area (Å²) in [6.07, 6.45) is 1.64. The number of carbonyl (C=O) groups excluding carboxylic acids is 1. The Morgan fingerprint density at radius 3 is 2.27 bits per heavy atom. The lowest BCUT2D eigenvalue weighted by Gasteiger charge is -2.33. The molecule has 1 N–H and O–H groups in total. The molecule has 22 heavy (non-hydrogen) atoms. The third kappa shape index (κ3) is 2.33. The molecule has 1 saturated carbocycles. The summed E-state index contributed by atoms with van der Waals surface area (Å²) in [5.74, 6) is 1.57. The summed E-state index contributed by atoms with van der Waals surface area (Å²) in [7, 11) is 3.22. The van der Waals surface area contributed by atoms with Crippen molar-refractivity contribution in [3.05, 3.63) is 35.9 Å².